The van der Waals surface area contributed by atoms with Crippen LogP contribution in [-0.2, 0) is 0 Å². The summed E-state index contributed by atoms with van der Waals surface area (Å²) in [5.41, 5.74) is 2.75. The molecule has 0 aliphatic heterocycles. The minimum absolute atomic E-state index is 0.486. The third-order valence-electron chi connectivity index (χ3n) is 0.724. The lowest BCUT2D eigenvalue weighted by molar-refractivity contribution is 0.607. The summed E-state index contributed by atoms with van der Waals surface area (Å²) in [4.78, 5) is 8.05. The first-order valence-electron chi connectivity index (χ1n) is 3.44. The Morgan fingerprint density at radius 2 is 1.62 bits per heavy atom. The van der Waals surface area contributed by atoms with Crippen molar-refractivity contribution in [1.29, 1.82) is 0 Å². The summed E-state index contributed by atoms with van der Waals surface area (Å²) in [5, 5.41) is 0. The van der Waals surface area contributed by atoms with Crippen molar-refractivity contribution in [2.45, 2.75) is 17.9 Å². The van der Waals surface area contributed by atoms with Gasteiger partial charge in [-0.05, 0) is 10.2 Å². The second kappa shape index (κ2) is 15.7. The maximum Gasteiger partial charge on any atom is 0.153 e. The second-order valence-corrected chi connectivity index (χ2v) is 11.2. The molecule has 0 aliphatic carbocycles. The molecule has 0 heterocycles. The first kappa shape index (κ1) is 11.6. The molecule has 0 amide bonds. The molecule has 0 aromatic carbocycles. The number of hydrogen-bond acceptors (Lipinski definition) is 1. The third kappa shape index (κ3) is 29.0. The van der Waals surface area contributed by atoms with Gasteiger partial charge in [-0.2, -0.15) is 0 Å². The van der Waals surface area contributed by atoms with Gasteiger partial charge in [0.2, 0.25) is 0 Å². The van der Waals surface area contributed by atoms with Crippen LogP contribution in [0, 0.1) is 0 Å². The normalized spacial score (nSPS) is 11.2. The standard InChI is InChI=1S/C2H10Si2.CH8OSi2/c1-4-2-3;2-4-1-3/h2,4H2,1,3H3;2H,1,4H2,3H3. The molecular formula is C3H18OSi4. The molecule has 0 aliphatic rings. The highest BCUT2D eigenvalue weighted by Gasteiger charge is 1.61. The van der Waals surface area contributed by atoms with E-state index in [1.807, 2.05) is 0 Å². The van der Waals surface area contributed by atoms with Crippen LogP contribution in [0.1, 0.15) is 0 Å². The van der Waals surface area contributed by atoms with E-state index >= 15 is 0 Å². The van der Waals surface area contributed by atoms with Gasteiger partial charge in [-0.25, -0.2) is 0 Å². The molecule has 1 nitrogen and oxygen atoms in total. The molecule has 1 N–H and O–H groups in total. The quantitative estimate of drug-likeness (QED) is 0.445. The Morgan fingerprint density at radius 3 is 1.62 bits per heavy atom. The van der Waals surface area contributed by atoms with Gasteiger partial charge in [-0.1, -0.05) is 17.9 Å². The lowest BCUT2D eigenvalue weighted by Crippen LogP contribution is -1.80. The molecule has 0 spiro atoms. The Labute approximate surface area is 62.9 Å². The molecule has 0 saturated heterocycles. The van der Waals surface area contributed by atoms with E-state index in [1.165, 1.54) is 20.5 Å². The van der Waals surface area contributed by atoms with Crippen LogP contribution in [0.3, 0.4) is 0 Å². The van der Waals surface area contributed by atoms with Crippen LogP contribution in [0.4, 0.5) is 0 Å². The van der Waals surface area contributed by atoms with Crippen molar-refractivity contribution in [2.75, 3.05) is 0 Å². The fourth-order valence-corrected chi connectivity index (χ4v) is 0. The average Bonchev–Trinajstić information content (AvgIpc) is 1.88. The summed E-state index contributed by atoms with van der Waals surface area (Å²) in [6, 6.07) is 0. The summed E-state index contributed by atoms with van der Waals surface area (Å²) in [7, 11) is 2.62. The molecule has 0 aromatic heterocycles. The largest absolute Gasteiger partial charge is 0.438 e. The van der Waals surface area contributed by atoms with Gasteiger partial charge in [-0.3, -0.25) is 0 Å². The zero-order valence-electron chi connectivity index (χ0n) is 6.28. The molecule has 0 rings (SSSR count). The van der Waals surface area contributed by atoms with E-state index in [1.54, 1.807) is 5.67 Å². The highest BCUT2D eigenvalue weighted by Crippen LogP contribution is 1.56. The minimum Gasteiger partial charge on any atom is -0.438 e. The molecule has 0 unspecified atom stereocenters. The van der Waals surface area contributed by atoms with E-state index in [0.717, 1.165) is 5.67 Å². The lowest BCUT2D eigenvalue weighted by atomic mass is 11.9. The zero-order chi connectivity index (χ0) is 6.83. The molecule has 8 heavy (non-hydrogen) atoms. The first-order valence-corrected chi connectivity index (χ1v) is 10.3. The van der Waals surface area contributed by atoms with Gasteiger partial charge in [0.1, 0.15) is 0 Å². The molecule has 0 saturated carbocycles. The highest BCUT2D eigenvalue weighted by molar-refractivity contribution is 6.45. The molecule has 0 radical (unpaired) electrons. The van der Waals surface area contributed by atoms with Gasteiger partial charge in [-0.15, -0.1) is 0 Å². The lowest BCUT2D eigenvalue weighted by Gasteiger charge is -1.66. The number of rotatable bonds is 2. The van der Waals surface area contributed by atoms with Gasteiger partial charge < -0.3 is 4.80 Å². The highest BCUT2D eigenvalue weighted by atomic mass is 28.3. The molecule has 0 bridgehead atoms. The van der Waals surface area contributed by atoms with E-state index in [4.69, 9.17) is 4.80 Å². The molecule has 5 heteroatoms. The van der Waals surface area contributed by atoms with Crippen molar-refractivity contribution in [3.8, 4) is 0 Å². The van der Waals surface area contributed by atoms with E-state index in [2.05, 4.69) is 6.55 Å². The Hall–Kier alpha value is 0.828. The van der Waals surface area contributed by atoms with E-state index in [-0.39, 0.29) is 0 Å². The Morgan fingerprint density at radius 1 is 1.38 bits per heavy atom. The summed E-state index contributed by atoms with van der Waals surface area (Å²) in [6.07, 6.45) is 0. The maximum absolute atomic E-state index is 8.05. The summed E-state index contributed by atoms with van der Waals surface area (Å²) < 4.78 is 0. The van der Waals surface area contributed by atoms with E-state index < -0.39 is 9.76 Å². The fourth-order valence-electron chi connectivity index (χ4n) is 0. The SMILES string of the molecule is C[SiH2]C[SiH3].O[SiH2]C[SiH3]. The van der Waals surface area contributed by atoms with Crippen molar-refractivity contribution < 1.29 is 4.80 Å². The summed E-state index contributed by atoms with van der Waals surface area (Å²) in [5.74, 6) is 0. The van der Waals surface area contributed by atoms with Gasteiger partial charge in [0.05, 0.1) is 0 Å². The maximum atomic E-state index is 8.05. The predicted molar refractivity (Wildman–Crippen MR) is 54.7 cm³/mol. The van der Waals surface area contributed by atoms with Crippen molar-refractivity contribution in [3.63, 3.8) is 0 Å². The van der Waals surface area contributed by atoms with Crippen molar-refractivity contribution in [2.24, 2.45) is 0 Å². The van der Waals surface area contributed by atoms with Crippen molar-refractivity contribution in [1.82, 2.24) is 0 Å². The van der Waals surface area contributed by atoms with Gasteiger partial charge >= 0.3 is 0 Å². The van der Waals surface area contributed by atoms with Crippen LogP contribution in [0.5, 0.6) is 0 Å². The summed E-state index contributed by atoms with van der Waals surface area (Å²) >= 11 is 0. The van der Waals surface area contributed by atoms with Gasteiger partial charge in [0.25, 0.3) is 0 Å². The van der Waals surface area contributed by atoms with Crippen molar-refractivity contribution in [3.05, 3.63) is 0 Å². The number of hydrogen-bond donors (Lipinski definition) is 1. The van der Waals surface area contributed by atoms with Gasteiger partial charge in [0, 0.05) is 19.8 Å². The minimum atomic E-state index is -0.514. The third-order valence-corrected chi connectivity index (χ3v) is 6.51. The monoisotopic (exact) mass is 182 g/mol. The fraction of sp³-hybridized carbons (Fsp3) is 1.00. The second-order valence-electron chi connectivity index (χ2n) is 1.72. The smallest absolute Gasteiger partial charge is 0.153 e. The van der Waals surface area contributed by atoms with Crippen molar-refractivity contribution >= 4 is 39.8 Å². The summed E-state index contributed by atoms with van der Waals surface area (Å²) in [6.45, 7) is 2.35. The van der Waals surface area contributed by atoms with Crippen LogP contribution < -0.4 is 0 Å². The Balaban J connectivity index is 0. The van der Waals surface area contributed by atoms with Gasteiger partial charge in [0.15, 0.2) is 9.76 Å². The van der Waals surface area contributed by atoms with Crippen LogP contribution in [0.15, 0.2) is 0 Å². The molecule has 52 valence electrons. The van der Waals surface area contributed by atoms with Crippen LogP contribution >= 0.6 is 0 Å². The predicted octanol–water partition coefficient (Wildman–Crippen LogP) is -3.25. The molecule has 0 fully saturated rings. The molecule has 0 atom stereocenters. The first-order chi connectivity index (χ1) is 3.83. The van der Waals surface area contributed by atoms with Crippen LogP contribution in [-0.4, -0.2) is 44.6 Å². The Bertz CT molecular complexity index is 19.2. The van der Waals surface area contributed by atoms with Crippen LogP contribution in [0.2, 0.25) is 17.9 Å². The van der Waals surface area contributed by atoms with E-state index in [9.17, 15) is 0 Å². The molecule has 0 aromatic rings. The Kier molecular flexibility index (Phi) is 22.7. The van der Waals surface area contributed by atoms with E-state index in [0.29, 0.717) is 9.52 Å². The molecular weight excluding hydrogens is 164 g/mol. The zero-order valence-corrected chi connectivity index (χ0v) is 13.1. The van der Waals surface area contributed by atoms with Crippen LogP contribution in [0.25, 0.3) is 0 Å². The average molecular weight is 183 g/mol. The topological polar surface area (TPSA) is 20.2 Å².